The van der Waals surface area contributed by atoms with E-state index in [1.807, 2.05) is 37.3 Å². The average Bonchev–Trinajstić information content (AvgIpc) is 2.99. The molecule has 0 saturated carbocycles. The third kappa shape index (κ3) is 3.31. The van der Waals surface area contributed by atoms with Crippen molar-refractivity contribution in [3.8, 4) is 0 Å². The maximum absolute atomic E-state index is 12.3. The number of nitrogens with zero attached hydrogens (tertiary/aromatic N) is 1. The molecule has 0 aliphatic carbocycles. The summed E-state index contributed by atoms with van der Waals surface area (Å²) in [4.78, 5) is 24.9. The molecule has 1 saturated heterocycles. The van der Waals surface area contributed by atoms with E-state index in [2.05, 4.69) is 5.32 Å². The van der Waals surface area contributed by atoms with E-state index in [0.717, 1.165) is 11.0 Å². The molecule has 0 bridgehead atoms. The number of aliphatic carboxylic acids is 1. The van der Waals surface area contributed by atoms with Crippen LogP contribution in [-0.4, -0.2) is 35.1 Å². The molecule has 2 heterocycles. The zero-order valence-corrected chi connectivity index (χ0v) is 13.0. The number of likely N-dealkylation sites (tertiary alicyclic amines) is 1. The molecule has 3 rings (SSSR count). The molecule has 1 aromatic carbocycles. The Morgan fingerprint density at radius 1 is 1.30 bits per heavy atom. The molecule has 0 unspecified atom stereocenters. The smallest absolute Gasteiger partial charge is 0.317 e. The molecular formula is C17H20N2O4. The van der Waals surface area contributed by atoms with Crippen molar-refractivity contribution in [3.05, 3.63) is 36.1 Å². The first-order chi connectivity index (χ1) is 11.0. The number of hydrogen-bond acceptors (Lipinski definition) is 3. The minimum Gasteiger partial charge on any atom is -0.481 e. The minimum absolute atomic E-state index is 0.179. The fourth-order valence-corrected chi connectivity index (χ4v) is 2.89. The number of carboxylic acids is 1. The van der Waals surface area contributed by atoms with Crippen LogP contribution in [-0.2, 0) is 4.79 Å². The number of nitrogens with one attached hydrogen (secondary N) is 1. The van der Waals surface area contributed by atoms with Gasteiger partial charge in [-0.05, 0) is 31.9 Å². The average molecular weight is 316 g/mol. The highest BCUT2D eigenvalue weighted by Crippen LogP contribution is 2.24. The number of rotatable bonds is 3. The van der Waals surface area contributed by atoms with Crippen molar-refractivity contribution in [2.24, 2.45) is 5.92 Å². The number of fused-ring (bicyclic) bond motifs is 1. The van der Waals surface area contributed by atoms with Gasteiger partial charge < -0.3 is 19.7 Å². The number of carbonyl (C=O) groups excluding carboxylic acids is 1. The molecule has 6 nitrogen and oxygen atoms in total. The molecule has 1 aliphatic heterocycles. The molecule has 1 fully saturated rings. The van der Waals surface area contributed by atoms with Crippen molar-refractivity contribution in [2.75, 3.05) is 13.1 Å². The van der Waals surface area contributed by atoms with Crippen LogP contribution in [0, 0.1) is 5.92 Å². The maximum atomic E-state index is 12.3. The summed E-state index contributed by atoms with van der Waals surface area (Å²) < 4.78 is 5.76. The quantitative estimate of drug-likeness (QED) is 0.912. The normalized spacial score (nSPS) is 17.2. The largest absolute Gasteiger partial charge is 0.481 e. The van der Waals surface area contributed by atoms with Crippen LogP contribution in [0.2, 0.25) is 0 Å². The number of hydrogen-bond donors (Lipinski definition) is 2. The van der Waals surface area contributed by atoms with Gasteiger partial charge in [0.15, 0.2) is 0 Å². The van der Waals surface area contributed by atoms with E-state index in [4.69, 9.17) is 9.52 Å². The van der Waals surface area contributed by atoms with Crippen LogP contribution in [0.15, 0.2) is 34.7 Å². The van der Waals surface area contributed by atoms with Crippen LogP contribution in [0.3, 0.4) is 0 Å². The van der Waals surface area contributed by atoms with Crippen molar-refractivity contribution in [1.82, 2.24) is 10.2 Å². The van der Waals surface area contributed by atoms with Crippen molar-refractivity contribution in [1.29, 1.82) is 0 Å². The Morgan fingerprint density at radius 3 is 2.65 bits per heavy atom. The van der Waals surface area contributed by atoms with Crippen LogP contribution >= 0.6 is 0 Å². The molecule has 2 amide bonds. The summed E-state index contributed by atoms with van der Waals surface area (Å²) >= 11 is 0. The number of urea groups is 1. The zero-order chi connectivity index (χ0) is 16.4. The third-order valence-electron chi connectivity index (χ3n) is 4.34. The van der Waals surface area contributed by atoms with Gasteiger partial charge in [0.05, 0.1) is 12.0 Å². The van der Waals surface area contributed by atoms with Gasteiger partial charge in [-0.3, -0.25) is 4.79 Å². The first-order valence-electron chi connectivity index (χ1n) is 7.81. The predicted octanol–water partition coefficient (Wildman–Crippen LogP) is 3.00. The Hall–Kier alpha value is -2.50. The molecule has 2 aromatic rings. The molecule has 1 aromatic heterocycles. The van der Waals surface area contributed by atoms with E-state index in [1.165, 1.54) is 0 Å². The Bertz CT molecular complexity index is 683. The molecule has 6 heteroatoms. The molecule has 23 heavy (non-hydrogen) atoms. The van der Waals surface area contributed by atoms with Gasteiger partial charge in [-0.15, -0.1) is 0 Å². The minimum atomic E-state index is -0.777. The fraction of sp³-hybridized carbons (Fsp3) is 0.412. The van der Waals surface area contributed by atoms with Crippen molar-refractivity contribution in [2.45, 2.75) is 25.8 Å². The second-order valence-corrected chi connectivity index (χ2v) is 5.96. The summed E-state index contributed by atoms with van der Waals surface area (Å²) in [6.07, 6.45) is 1.00. The van der Waals surface area contributed by atoms with Crippen LogP contribution in [0.4, 0.5) is 4.79 Å². The number of amides is 2. The summed E-state index contributed by atoms with van der Waals surface area (Å²) in [6.45, 7) is 2.81. The van der Waals surface area contributed by atoms with Gasteiger partial charge >= 0.3 is 12.0 Å². The summed E-state index contributed by atoms with van der Waals surface area (Å²) in [6, 6.07) is 9.21. The van der Waals surface area contributed by atoms with E-state index in [1.54, 1.807) is 4.90 Å². The second kappa shape index (κ2) is 6.32. The second-order valence-electron chi connectivity index (χ2n) is 5.96. The van der Waals surface area contributed by atoms with Crippen LogP contribution < -0.4 is 5.32 Å². The summed E-state index contributed by atoms with van der Waals surface area (Å²) in [5, 5.41) is 12.9. The SMILES string of the molecule is C[C@H](NC(=O)N1CCC(C(=O)O)CC1)c1cc2ccccc2o1. The summed E-state index contributed by atoms with van der Waals surface area (Å²) in [5.41, 5.74) is 0.797. The van der Waals surface area contributed by atoms with E-state index >= 15 is 0 Å². The maximum Gasteiger partial charge on any atom is 0.317 e. The van der Waals surface area contributed by atoms with Gasteiger partial charge in [0.25, 0.3) is 0 Å². The van der Waals surface area contributed by atoms with Gasteiger partial charge in [-0.25, -0.2) is 4.79 Å². The predicted molar refractivity (Wildman–Crippen MR) is 85.1 cm³/mol. The summed E-state index contributed by atoms with van der Waals surface area (Å²) in [5.74, 6) is -0.410. The topological polar surface area (TPSA) is 82.8 Å². The first-order valence-corrected chi connectivity index (χ1v) is 7.81. The molecule has 0 radical (unpaired) electrons. The fourth-order valence-electron chi connectivity index (χ4n) is 2.89. The number of carbonyl (C=O) groups is 2. The highest BCUT2D eigenvalue weighted by molar-refractivity contribution is 5.79. The van der Waals surface area contributed by atoms with Crippen LogP contribution in [0.25, 0.3) is 11.0 Å². The molecule has 1 aliphatic rings. The lowest BCUT2D eigenvalue weighted by Crippen LogP contribution is -2.46. The highest BCUT2D eigenvalue weighted by atomic mass is 16.4. The number of para-hydroxylation sites is 1. The van der Waals surface area contributed by atoms with Crippen LogP contribution in [0.1, 0.15) is 31.6 Å². The molecule has 122 valence electrons. The lowest BCUT2D eigenvalue weighted by molar-refractivity contribution is -0.143. The van der Waals surface area contributed by atoms with Crippen molar-refractivity contribution < 1.29 is 19.1 Å². The van der Waals surface area contributed by atoms with Crippen molar-refractivity contribution in [3.63, 3.8) is 0 Å². The van der Waals surface area contributed by atoms with E-state index in [9.17, 15) is 9.59 Å². The number of furan rings is 1. The first kappa shape index (κ1) is 15.4. The Balaban J connectivity index is 1.60. The third-order valence-corrected chi connectivity index (χ3v) is 4.34. The summed E-state index contributed by atoms with van der Waals surface area (Å²) in [7, 11) is 0. The monoisotopic (exact) mass is 316 g/mol. The zero-order valence-electron chi connectivity index (χ0n) is 13.0. The Labute approximate surface area is 134 Å². The number of piperidine rings is 1. The van der Waals surface area contributed by atoms with E-state index in [-0.39, 0.29) is 18.0 Å². The molecule has 2 N–H and O–H groups in total. The van der Waals surface area contributed by atoms with Gasteiger partial charge in [-0.2, -0.15) is 0 Å². The number of carboxylic acid groups (broad SMARTS) is 1. The lowest BCUT2D eigenvalue weighted by Gasteiger charge is -2.30. The lowest BCUT2D eigenvalue weighted by atomic mass is 9.97. The van der Waals surface area contributed by atoms with Gasteiger partial charge in [0, 0.05) is 18.5 Å². The van der Waals surface area contributed by atoms with Gasteiger partial charge in [0.1, 0.15) is 11.3 Å². The standard InChI is InChI=1S/C17H20N2O4/c1-11(15-10-13-4-2-3-5-14(13)23-15)18-17(22)19-8-6-12(7-9-19)16(20)21/h2-5,10-12H,6-9H2,1H3,(H,18,22)(H,20,21)/t11-/m0/s1. The molecule has 1 atom stereocenters. The Morgan fingerprint density at radius 2 is 2.00 bits per heavy atom. The van der Waals surface area contributed by atoms with E-state index < -0.39 is 5.97 Å². The highest BCUT2D eigenvalue weighted by Gasteiger charge is 2.27. The molecule has 0 spiro atoms. The van der Waals surface area contributed by atoms with Crippen LogP contribution in [0.5, 0.6) is 0 Å². The van der Waals surface area contributed by atoms with Gasteiger partial charge in [-0.1, -0.05) is 18.2 Å². The van der Waals surface area contributed by atoms with Gasteiger partial charge in [0.2, 0.25) is 0 Å². The Kier molecular flexibility index (Phi) is 4.23. The van der Waals surface area contributed by atoms with E-state index in [0.29, 0.717) is 31.7 Å². The van der Waals surface area contributed by atoms with Crippen molar-refractivity contribution >= 4 is 23.0 Å². The number of benzene rings is 1. The molecular weight excluding hydrogens is 296 g/mol.